The third-order valence-electron chi connectivity index (χ3n) is 5.52. The number of carbonyl (C=O) groups excluding carboxylic acids is 1. The summed E-state index contributed by atoms with van der Waals surface area (Å²) in [5, 5.41) is 4.96. The van der Waals surface area contributed by atoms with Crippen molar-refractivity contribution in [1.29, 1.82) is 0 Å². The zero-order valence-electron chi connectivity index (χ0n) is 20.2. The first-order valence-corrected chi connectivity index (χ1v) is 13.1. The van der Waals surface area contributed by atoms with Gasteiger partial charge in [0.2, 0.25) is 0 Å². The molecule has 11 heteroatoms. The number of carbonyl (C=O) groups is 1. The van der Waals surface area contributed by atoms with Gasteiger partial charge < -0.3 is 14.8 Å². The minimum Gasteiger partial charge on any atom is -0.493 e. The Labute approximate surface area is 201 Å². The fourth-order valence-corrected chi connectivity index (χ4v) is 4.58. The first kappa shape index (κ1) is 26.0. The molecule has 2 heterocycles. The summed E-state index contributed by atoms with van der Waals surface area (Å²) in [5.74, 6) is 0.886. The molecule has 1 unspecified atom stereocenters. The molecule has 1 aliphatic rings. The molecule has 188 valence electrons. The van der Waals surface area contributed by atoms with Gasteiger partial charge >= 0.3 is 0 Å². The molecule has 1 atom stereocenters. The Morgan fingerprint density at radius 3 is 2.59 bits per heavy atom. The molecule has 34 heavy (non-hydrogen) atoms. The van der Waals surface area contributed by atoms with Gasteiger partial charge in [0.15, 0.2) is 5.69 Å². The monoisotopic (exact) mass is 494 g/mol. The molecule has 0 spiro atoms. The maximum atomic E-state index is 13.2. The number of benzene rings is 1. The molecule has 2 aromatic rings. The zero-order valence-corrected chi connectivity index (χ0v) is 21.0. The van der Waals surface area contributed by atoms with Crippen LogP contribution in [-0.2, 0) is 21.3 Å². The molecule has 2 N–H and O–H groups in total. The van der Waals surface area contributed by atoms with Gasteiger partial charge in [-0.15, -0.1) is 0 Å². The Hall–Kier alpha value is -2.63. The summed E-state index contributed by atoms with van der Waals surface area (Å²) in [6, 6.07) is 4.17. The van der Waals surface area contributed by atoms with Crippen LogP contribution in [0.15, 0.2) is 23.1 Å². The van der Waals surface area contributed by atoms with Crippen molar-refractivity contribution in [1.82, 2.24) is 15.0 Å². The summed E-state index contributed by atoms with van der Waals surface area (Å²) in [6.07, 6.45) is 2.20. The van der Waals surface area contributed by atoms with Gasteiger partial charge in [0.25, 0.3) is 16.0 Å². The number of hydrogen-bond donors (Lipinski definition) is 2. The van der Waals surface area contributed by atoms with Crippen molar-refractivity contribution in [3.05, 3.63) is 41.0 Å². The fourth-order valence-electron chi connectivity index (χ4n) is 4.07. The number of nitrogens with one attached hydrogen (secondary N) is 1. The maximum Gasteiger partial charge on any atom is 0.294 e. The standard InChI is InChI=1S/C23H34N4O6S/c1-5-9-20-24-16(4)21-23(28)25-22(26(27(20)21)12-8-14-32-7-3)18-15-17(34(29,30)31)10-11-19(18)33-13-6-2/h10-11,15,22H,5-9,12-14H2,1-4H3,(H,25,28)(H,29,30,31). The van der Waals surface area contributed by atoms with Crippen LogP contribution in [0.2, 0.25) is 0 Å². The van der Waals surface area contributed by atoms with Crippen LogP contribution in [0.1, 0.15) is 73.8 Å². The number of aryl methyl sites for hydroxylation is 2. The third-order valence-corrected chi connectivity index (χ3v) is 6.37. The smallest absolute Gasteiger partial charge is 0.294 e. The van der Waals surface area contributed by atoms with Crippen molar-refractivity contribution < 1.29 is 27.2 Å². The third kappa shape index (κ3) is 5.53. The molecular formula is C23H34N4O6S. The van der Waals surface area contributed by atoms with E-state index in [9.17, 15) is 17.8 Å². The van der Waals surface area contributed by atoms with Gasteiger partial charge in [-0.25, -0.2) is 9.66 Å². The van der Waals surface area contributed by atoms with Crippen LogP contribution in [-0.4, -0.2) is 54.9 Å². The van der Waals surface area contributed by atoms with Crippen LogP contribution >= 0.6 is 0 Å². The average Bonchev–Trinajstić information content (AvgIpc) is 3.12. The normalized spacial score (nSPS) is 15.9. The number of fused-ring (bicyclic) bond motifs is 1. The molecule has 0 saturated heterocycles. The average molecular weight is 495 g/mol. The van der Waals surface area contributed by atoms with Crippen molar-refractivity contribution in [3.63, 3.8) is 0 Å². The quantitative estimate of drug-likeness (QED) is 0.341. The van der Waals surface area contributed by atoms with Gasteiger partial charge in [-0.05, 0) is 51.3 Å². The first-order valence-electron chi connectivity index (χ1n) is 11.7. The van der Waals surface area contributed by atoms with Crippen LogP contribution in [0.3, 0.4) is 0 Å². The highest BCUT2D eigenvalue weighted by Gasteiger charge is 2.37. The molecule has 0 bridgehead atoms. The number of nitrogens with zero attached hydrogens (tertiary/aromatic N) is 3. The summed E-state index contributed by atoms with van der Waals surface area (Å²) >= 11 is 0. The van der Waals surface area contributed by atoms with Crippen molar-refractivity contribution >= 4 is 16.0 Å². The van der Waals surface area contributed by atoms with Crippen molar-refractivity contribution in [2.75, 3.05) is 31.4 Å². The lowest BCUT2D eigenvalue weighted by Gasteiger charge is -2.40. The lowest BCUT2D eigenvalue weighted by atomic mass is 10.1. The molecule has 1 aromatic heterocycles. The van der Waals surface area contributed by atoms with Gasteiger partial charge in [-0.3, -0.25) is 14.4 Å². The molecular weight excluding hydrogens is 460 g/mol. The van der Waals surface area contributed by atoms with Gasteiger partial charge in [0.1, 0.15) is 17.7 Å². The van der Waals surface area contributed by atoms with Crippen molar-refractivity contribution in [3.8, 4) is 5.75 Å². The largest absolute Gasteiger partial charge is 0.493 e. The Morgan fingerprint density at radius 2 is 1.94 bits per heavy atom. The molecule has 0 radical (unpaired) electrons. The van der Waals surface area contributed by atoms with Crippen LogP contribution in [0.4, 0.5) is 0 Å². The SMILES string of the molecule is CCCOc1ccc(S(=O)(=O)O)cc1C1NC(=O)c2c(C)nc(CCC)n2N1CCCOCC. The second-order valence-corrected chi connectivity index (χ2v) is 9.56. The van der Waals surface area contributed by atoms with E-state index < -0.39 is 16.3 Å². The highest BCUT2D eigenvalue weighted by atomic mass is 32.2. The van der Waals surface area contributed by atoms with E-state index >= 15 is 0 Å². The highest BCUT2D eigenvalue weighted by molar-refractivity contribution is 7.85. The lowest BCUT2D eigenvalue weighted by Crippen LogP contribution is -2.54. The number of aromatic nitrogens is 2. The lowest BCUT2D eigenvalue weighted by molar-refractivity contribution is 0.0887. The van der Waals surface area contributed by atoms with E-state index in [1.807, 2.05) is 30.5 Å². The molecule has 0 fully saturated rings. The van der Waals surface area contributed by atoms with Crippen LogP contribution < -0.4 is 15.1 Å². The Kier molecular flexibility index (Phi) is 8.56. The Balaban J connectivity index is 2.16. The highest BCUT2D eigenvalue weighted by Crippen LogP contribution is 2.34. The van der Waals surface area contributed by atoms with E-state index in [0.717, 1.165) is 18.7 Å². The fraction of sp³-hybridized carbons (Fsp3) is 0.565. The van der Waals surface area contributed by atoms with Crippen LogP contribution in [0, 0.1) is 6.92 Å². The van der Waals surface area contributed by atoms with E-state index in [0.29, 0.717) is 61.9 Å². The summed E-state index contributed by atoms with van der Waals surface area (Å²) in [6.45, 7) is 9.80. The number of rotatable bonds is 12. The molecule has 0 aliphatic carbocycles. The van der Waals surface area contributed by atoms with E-state index in [1.54, 1.807) is 6.92 Å². The minimum atomic E-state index is -4.46. The van der Waals surface area contributed by atoms with Crippen LogP contribution in [0.25, 0.3) is 0 Å². The van der Waals surface area contributed by atoms with Gasteiger partial charge in [-0.1, -0.05) is 13.8 Å². The number of ether oxygens (including phenoxy) is 2. The van der Waals surface area contributed by atoms with E-state index in [-0.39, 0.29) is 10.8 Å². The molecule has 1 amide bonds. The van der Waals surface area contributed by atoms with Crippen molar-refractivity contribution in [2.24, 2.45) is 0 Å². The van der Waals surface area contributed by atoms with Crippen LogP contribution in [0.5, 0.6) is 5.75 Å². The summed E-state index contributed by atoms with van der Waals surface area (Å²) in [7, 11) is -4.46. The number of hydrogen-bond acceptors (Lipinski definition) is 7. The predicted molar refractivity (Wildman–Crippen MR) is 127 cm³/mol. The first-order chi connectivity index (χ1) is 16.2. The second kappa shape index (κ2) is 11.2. The summed E-state index contributed by atoms with van der Waals surface area (Å²) in [4.78, 5) is 17.6. The number of amides is 1. The molecule has 10 nitrogen and oxygen atoms in total. The molecule has 1 aliphatic heterocycles. The Morgan fingerprint density at radius 1 is 1.18 bits per heavy atom. The van der Waals surface area contributed by atoms with E-state index in [4.69, 9.17) is 9.47 Å². The summed E-state index contributed by atoms with van der Waals surface area (Å²) < 4.78 is 46.8. The molecule has 3 rings (SSSR count). The zero-order chi connectivity index (χ0) is 24.9. The van der Waals surface area contributed by atoms with Crippen molar-refractivity contribution in [2.45, 2.75) is 64.4 Å². The van der Waals surface area contributed by atoms with Gasteiger partial charge in [-0.2, -0.15) is 8.42 Å². The van der Waals surface area contributed by atoms with Gasteiger partial charge in [0, 0.05) is 31.7 Å². The molecule has 0 saturated carbocycles. The minimum absolute atomic E-state index is 0.267. The van der Waals surface area contributed by atoms with E-state index in [2.05, 4.69) is 10.3 Å². The summed E-state index contributed by atoms with van der Waals surface area (Å²) in [5.41, 5.74) is 1.52. The maximum absolute atomic E-state index is 13.2. The predicted octanol–water partition coefficient (Wildman–Crippen LogP) is 2.99. The molecule has 1 aromatic carbocycles. The second-order valence-electron chi connectivity index (χ2n) is 8.14. The van der Waals surface area contributed by atoms with Gasteiger partial charge in [0.05, 0.1) is 17.2 Å². The topological polar surface area (TPSA) is 123 Å². The number of imidazole rings is 1. The van der Waals surface area contributed by atoms with E-state index in [1.165, 1.54) is 18.2 Å². The Bertz CT molecular complexity index is 1110.